The number of aryl methyl sites for hydroxylation is 4. The molecular formula is C32H41N3O4S. The molecule has 0 fully saturated rings. The van der Waals surface area contributed by atoms with E-state index in [0.717, 1.165) is 38.5 Å². The van der Waals surface area contributed by atoms with E-state index in [-0.39, 0.29) is 23.4 Å². The minimum absolute atomic E-state index is 0.0562. The zero-order valence-corrected chi connectivity index (χ0v) is 25.4. The van der Waals surface area contributed by atoms with Crippen molar-refractivity contribution in [3.05, 3.63) is 94.5 Å². The van der Waals surface area contributed by atoms with E-state index in [0.29, 0.717) is 5.69 Å². The summed E-state index contributed by atoms with van der Waals surface area (Å²) in [6.07, 6.45) is 0.750. The summed E-state index contributed by atoms with van der Waals surface area (Å²) < 4.78 is 29.1. The summed E-state index contributed by atoms with van der Waals surface area (Å²) in [5.74, 6) is -0.751. The SMILES string of the molecule is CC[C@@H](C)NC(=O)[C@H](C)N(Cc1ccccc1C)C(=O)CN(c1ccc(C)c(C)c1)S(=O)(=O)c1ccc(C)cc1. The quantitative estimate of drug-likeness (QED) is 0.336. The van der Waals surface area contributed by atoms with Gasteiger partial charge in [0.05, 0.1) is 10.6 Å². The Bertz CT molecular complexity index is 1450. The van der Waals surface area contributed by atoms with Crippen LogP contribution in [0.25, 0.3) is 0 Å². The van der Waals surface area contributed by atoms with Crippen LogP contribution in [0.4, 0.5) is 5.69 Å². The molecule has 0 aliphatic carbocycles. The van der Waals surface area contributed by atoms with Crippen LogP contribution in [-0.4, -0.2) is 43.8 Å². The van der Waals surface area contributed by atoms with Gasteiger partial charge in [-0.15, -0.1) is 0 Å². The highest BCUT2D eigenvalue weighted by Crippen LogP contribution is 2.27. The van der Waals surface area contributed by atoms with Gasteiger partial charge in [-0.3, -0.25) is 13.9 Å². The number of nitrogens with zero attached hydrogens (tertiary/aromatic N) is 2. The largest absolute Gasteiger partial charge is 0.352 e. The minimum Gasteiger partial charge on any atom is -0.352 e. The van der Waals surface area contributed by atoms with E-state index >= 15 is 0 Å². The molecule has 0 saturated heterocycles. The molecular weight excluding hydrogens is 522 g/mol. The molecule has 2 amide bonds. The predicted molar refractivity (Wildman–Crippen MR) is 161 cm³/mol. The molecule has 0 aromatic heterocycles. The fourth-order valence-electron chi connectivity index (χ4n) is 4.27. The predicted octanol–water partition coefficient (Wildman–Crippen LogP) is 5.45. The highest BCUT2D eigenvalue weighted by atomic mass is 32.2. The molecule has 40 heavy (non-hydrogen) atoms. The summed E-state index contributed by atoms with van der Waals surface area (Å²) in [6.45, 7) is 13.0. The zero-order chi connectivity index (χ0) is 29.6. The second kappa shape index (κ2) is 13.1. The molecule has 0 heterocycles. The molecule has 3 aromatic carbocycles. The molecule has 7 nitrogen and oxygen atoms in total. The van der Waals surface area contributed by atoms with Crippen molar-refractivity contribution >= 4 is 27.5 Å². The van der Waals surface area contributed by atoms with Crippen LogP contribution in [0.5, 0.6) is 0 Å². The van der Waals surface area contributed by atoms with Crippen molar-refractivity contribution in [2.24, 2.45) is 0 Å². The number of anilines is 1. The molecule has 0 bridgehead atoms. The molecule has 2 atom stereocenters. The van der Waals surface area contributed by atoms with Crippen molar-refractivity contribution in [1.29, 1.82) is 0 Å². The van der Waals surface area contributed by atoms with E-state index in [4.69, 9.17) is 0 Å². The standard InChI is InChI=1S/C32H41N3O4S/c1-8-26(6)33-32(37)27(7)34(20-28-12-10-9-11-24(28)4)31(36)21-35(29-16-15-23(3)25(5)19-29)40(38,39)30-17-13-22(2)14-18-30/h9-19,26-27H,8,20-21H2,1-7H3,(H,33,37)/t26-,27+/m1/s1. The number of carbonyl (C=O) groups excluding carboxylic acids is 2. The Balaban J connectivity index is 2.06. The number of amides is 2. The molecule has 0 unspecified atom stereocenters. The highest BCUT2D eigenvalue weighted by molar-refractivity contribution is 7.92. The van der Waals surface area contributed by atoms with E-state index in [1.165, 1.54) is 4.90 Å². The van der Waals surface area contributed by atoms with Gasteiger partial charge < -0.3 is 10.2 Å². The van der Waals surface area contributed by atoms with Gasteiger partial charge in [0.1, 0.15) is 12.6 Å². The summed E-state index contributed by atoms with van der Waals surface area (Å²) in [4.78, 5) is 28.8. The Kier molecular flexibility index (Phi) is 10.1. The molecule has 0 spiro atoms. The van der Waals surface area contributed by atoms with Gasteiger partial charge >= 0.3 is 0 Å². The smallest absolute Gasteiger partial charge is 0.264 e. The fourth-order valence-corrected chi connectivity index (χ4v) is 5.67. The van der Waals surface area contributed by atoms with Crippen LogP contribution in [0.15, 0.2) is 71.6 Å². The molecule has 1 N–H and O–H groups in total. The maximum atomic E-state index is 14.1. The van der Waals surface area contributed by atoms with Crippen LogP contribution in [0.1, 0.15) is 55.0 Å². The average molecular weight is 564 g/mol. The van der Waals surface area contributed by atoms with Crippen LogP contribution >= 0.6 is 0 Å². The zero-order valence-electron chi connectivity index (χ0n) is 24.6. The van der Waals surface area contributed by atoms with Gasteiger partial charge in [0.2, 0.25) is 11.8 Å². The second-order valence-electron chi connectivity index (χ2n) is 10.5. The van der Waals surface area contributed by atoms with Crippen LogP contribution < -0.4 is 9.62 Å². The van der Waals surface area contributed by atoms with Crippen LogP contribution in [-0.2, 0) is 26.2 Å². The third kappa shape index (κ3) is 7.30. The lowest BCUT2D eigenvalue weighted by Crippen LogP contribution is -2.52. The van der Waals surface area contributed by atoms with E-state index in [1.54, 1.807) is 43.3 Å². The number of rotatable bonds is 11. The molecule has 8 heteroatoms. The Morgan fingerprint density at radius 2 is 1.50 bits per heavy atom. The van der Waals surface area contributed by atoms with Crippen molar-refractivity contribution in [3.8, 4) is 0 Å². The first-order valence-electron chi connectivity index (χ1n) is 13.7. The van der Waals surface area contributed by atoms with Gasteiger partial charge in [-0.2, -0.15) is 0 Å². The second-order valence-corrected chi connectivity index (χ2v) is 12.4. The van der Waals surface area contributed by atoms with Crippen molar-refractivity contribution < 1.29 is 18.0 Å². The first-order chi connectivity index (χ1) is 18.8. The maximum absolute atomic E-state index is 14.1. The van der Waals surface area contributed by atoms with E-state index in [9.17, 15) is 18.0 Å². The Morgan fingerprint density at radius 3 is 2.10 bits per heavy atom. The van der Waals surface area contributed by atoms with Crippen molar-refractivity contribution in [2.75, 3.05) is 10.8 Å². The normalized spacial score (nSPS) is 12.9. The van der Waals surface area contributed by atoms with Gasteiger partial charge in [-0.1, -0.05) is 55.0 Å². The fraction of sp³-hybridized carbons (Fsp3) is 0.375. The lowest BCUT2D eigenvalue weighted by atomic mass is 10.1. The van der Waals surface area contributed by atoms with Gasteiger partial charge in [0.25, 0.3) is 10.0 Å². The van der Waals surface area contributed by atoms with E-state index in [1.807, 2.05) is 71.9 Å². The monoisotopic (exact) mass is 563 g/mol. The third-order valence-corrected chi connectivity index (χ3v) is 9.22. The third-order valence-electron chi connectivity index (χ3n) is 7.44. The first kappa shape index (κ1) is 30.9. The number of carbonyl (C=O) groups is 2. The molecule has 0 aliphatic heterocycles. The Labute approximate surface area is 239 Å². The molecule has 0 radical (unpaired) electrons. The Hall–Kier alpha value is -3.65. The maximum Gasteiger partial charge on any atom is 0.264 e. The van der Waals surface area contributed by atoms with Crippen molar-refractivity contribution in [2.45, 2.75) is 78.4 Å². The Morgan fingerprint density at radius 1 is 0.850 bits per heavy atom. The summed E-state index contributed by atoms with van der Waals surface area (Å²) in [5, 5.41) is 2.96. The van der Waals surface area contributed by atoms with Crippen LogP contribution in [0, 0.1) is 27.7 Å². The number of benzene rings is 3. The summed E-state index contributed by atoms with van der Waals surface area (Å²) >= 11 is 0. The summed E-state index contributed by atoms with van der Waals surface area (Å²) in [5.41, 5.74) is 5.11. The average Bonchev–Trinajstić information content (AvgIpc) is 2.92. The summed E-state index contributed by atoms with van der Waals surface area (Å²) in [6, 6.07) is 18.7. The van der Waals surface area contributed by atoms with E-state index in [2.05, 4.69) is 5.32 Å². The first-order valence-corrected chi connectivity index (χ1v) is 15.1. The van der Waals surface area contributed by atoms with Crippen LogP contribution in [0.3, 0.4) is 0 Å². The minimum atomic E-state index is -4.09. The lowest BCUT2D eigenvalue weighted by Gasteiger charge is -2.33. The molecule has 214 valence electrons. The highest BCUT2D eigenvalue weighted by Gasteiger charge is 2.33. The number of hydrogen-bond acceptors (Lipinski definition) is 4. The number of hydrogen-bond donors (Lipinski definition) is 1. The molecule has 3 rings (SSSR count). The van der Waals surface area contributed by atoms with Gasteiger partial charge in [-0.25, -0.2) is 8.42 Å². The lowest BCUT2D eigenvalue weighted by molar-refractivity contribution is -0.139. The van der Waals surface area contributed by atoms with Gasteiger partial charge in [0.15, 0.2) is 0 Å². The van der Waals surface area contributed by atoms with Crippen LogP contribution in [0.2, 0.25) is 0 Å². The number of nitrogens with one attached hydrogen (secondary N) is 1. The van der Waals surface area contributed by atoms with Crippen molar-refractivity contribution in [3.63, 3.8) is 0 Å². The summed E-state index contributed by atoms with van der Waals surface area (Å²) in [7, 11) is -4.09. The van der Waals surface area contributed by atoms with Crippen molar-refractivity contribution in [1.82, 2.24) is 10.2 Å². The molecule has 0 saturated carbocycles. The van der Waals surface area contributed by atoms with Gasteiger partial charge in [-0.05, 0) is 94.5 Å². The number of sulfonamides is 1. The topological polar surface area (TPSA) is 86.8 Å². The molecule has 3 aromatic rings. The van der Waals surface area contributed by atoms with E-state index < -0.39 is 28.5 Å². The van der Waals surface area contributed by atoms with Gasteiger partial charge in [0, 0.05) is 12.6 Å². The molecule has 0 aliphatic rings.